The quantitative estimate of drug-likeness (QED) is 0.779. The van der Waals surface area contributed by atoms with Gasteiger partial charge in [0.05, 0.1) is 6.10 Å². The molecular formula is C16H22O. The third-order valence-corrected chi connectivity index (χ3v) is 4.26. The van der Waals surface area contributed by atoms with Gasteiger partial charge in [-0.15, -0.1) is 0 Å². The summed E-state index contributed by atoms with van der Waals surface area (Å²) in [5.41, 5.74) is 2.55. The Labute approximate surface area is 104 Å². The largest absolute Gasteiger partial charge is 0.392 e. The molecule has 1 nitrogen and oxygen atoms in total. The summed E-state index contributed by atoms with van der Waals surface area (Å²) in [6.45, 7) is 6.52. The average Bonchev–Trinajstić information content (AvgIpc) is 2.45. The molecule has 0 heterocycles. The van der Waals surface area contributed by atoms with Crippen molar-refractivity contribution in [2.75, 3.05) is 0 Å². The van der Waals surface area contributed by atoms with Gasteiger partial charge >= 0.3 is 0 Å². The van der Waals surface area contributed by atoms with Gasteiger partial charge in [-0.1, -0.05) is 57.2 Å². The Morgan fingerprint density at radius 3 is 2.35 bits per heavy atom. The maximum absolute atomic E-state index is 10.4. The van der Waals surface area contributed by atoms with Crippen LogP contribution < -0.4 is 0 Å². The number of hydrogen-bond acceptors (Lipinski definition) is 1. The Morgan fingerprint density at radius 2 is 1.71 bits per heavy atom. The molecule has 1 N–H and O–H groups in total. The summed E-state index contributed by atoms with van der Waals surface area (Å²) in [6, 6.07) is 10.4. The van der Waals surface area contributed by atoms with Crippen LogP contribution in [0, 0.1) is 17.8 Å². The summed E-state index contributed by atoms with van der Waals surface area (Å²) in [4.78, 5) is 0. The number of aliphatic hydroxyl groups is 1. The van der Waals surface area contributed by atoms with Gasteiger partial charge in [-0.25, -0.2) is 0 Å². The van der Waals surface area contributed by atoms with E-state index < -0.39 is 0 Å². The van der Waals surface area contributed by atoms with Crippen molar-refractivity contribution in [3.63, 3.8) is 0 Å². The third kappa shape index (κ3) is 2.44. The van der Waals surface area contributed by atoms with Crippen LogP contribution in [0.25, 0.3) is 5.57 Å². The van der Waals surface area contributed by atoms with Crippen molar-refractivity contribution in [1.82, 2.24) is 0 Å². The predicted octanol–water partition coefficient (Wildman–Crippen LogP) is 3.74. The van der Waals surface area contributed by atoms with Gasteiger partial charge in [0, 0.05) is 5.92 Å². The Bertz CT molecular complexity index is 393. The summed E-state index contributed by atoms with van der Waals surface area (Å²) >= 11 is 0. The molecule has 0 aliphatic heterocycles. The van der Waals surface area contributed by atoms with Gasteiger partial charge in [0.15, 0.2) is 0 Å². The van der Waals surface area contributed by atoms with Crippen molar-refractivity contribution in [3.8, 4) is 0 Å². The molecule has 1 aromatic carbocycles. The van der Waals surface area contributed by atoms with Gasteiger partial charge in [0.25, 0.3) is 0 Å². The summed E-state index contributed by atoms with van der Waals surface area (Å²) < 4.78 is 0. The zero-order valence-corrected chi connectivity index (χ0v) is 10.9. The summed E-state index contributed by atoms with van der Waals surface area (Å²) in [6.07, 6.45) is 3.14. The van der Waals surface area contributed by atoms with Crippen molar-refractivity contribution < 1.29 is 5.11 Å². The molecular weight excluding hydrogens is 208 g/mol. The van der Waals surface area contributed by atoms with Crippen LogP contribution in [0.4, 0.5) is 0 Å². The lowest BCUT2D eigenvalue weighted by atomic mass is 9.83. The highest BCUT2D eigenvalue weighted by molar-refractivity contribution is 5.68. The van der Waals surface area contributed by atoms with Crippen molar-refractivity contribution in [3.05, 3.63) is 42.0 Å². The fourth-order valence-electron chi connectivity index (χ4n) is 2.70. The number of aliphatic hydroxyl groups excluding tert-OH is 1. The maximum atomic E-state index is 10.4. The molecule has 0 radical (unpaired) electrons. The van der Waals surface area contributed by atoms with Crippen molar-refractivity contribution in [2.45, 2.75) is 33.3 Å². The molecule has 0 fully saturated rings. The molecule has 0 bridgehead atoms. The molecule has 17 heavy (non-hydrogen) atoms. The SMILES string of the molecule is C[C@@H]1[C@H](O)[C@H](C)C(c2ccccc2)=CC[C@H]1C. The molecule has 92 valence electrons. The van der Waals surface area contributed by atoms with E-state index in [1.165, 1.54) is 11.1 Å². The predicted molar refractivity (Wildman–Crippen MR) is 72.5 cm³/mol. The molecule has 1 aliphatic carbocycles. The van der Waals surface area contributed by atoms with Crippen LogP contribution in [0.2, 0.25) is 0 Å². The molecule has 0 unspecified atom stereocenters. The highest BCUT2D eigenvalue weighted by Crippen LogP contribution is 2.36. The monoisotopic (exact) mass is 230 g/mol. The van der Waals surface area contributed by atoms with E-state index in [9.17, 15) is 5.11 Å². The minimum absolute atomic E-state index is 0.220. The summed E-state index contributed by atoms with van der Waals surface area (Å²) in [5, 5.41) is 10.4. The van der Waals surface area contributed by atoms with Crippen LogP contribution in [0.3, 0.4) is 0 Å². The molecule has 0 spiro atoms. The first kappa shape index (κ1) is 12.4. The van der Waals surface area contributed by atoms with Gasteiger partial charge in [-0.05, 0) is 29.4 Å². The van der Waals surface area contributed by atoms with Gasteiger partial charge in [-0.3, -0.25) is 0 Å². The lowest BCUT2D eigenvalue weighted by molar-refractivity contribution is 0.0647. The van der Waals surface area contributed by atoms with Crippen LogP contribution in [-0.4, -0.2) is 11.2 Å². The van der Waals surface area contributed by atoms with E-state index in [-0.39, 0.29) is 12.0 Å². The van der Waals surface area contributed by atoms with Gasteiger partial charge in [-0.2, -0.15) is 0 Å². The minimum atomic E-state index is -0.237. The van der Waals surface area contributed by atoms with E-state index in [2.05, 4.69) is 51.1 Å². The number of allylic oxidation sites excluding steroid dienone is 1. The zero-order chi connectivity index (χ0) is 12.4. The molecule has 0 amide bonds. The Morgan fingerprint density at radius 1 is 1.06 bits per heavy atom. The number of hydrogen-bond donors (Lipinski definition) is 1. The summed E-state index contributed by atoms with van der Waals surface area (Å²) in [7, 11) is 0. The topological polar surface area (TPSA) is 20.2 Å². The van der Waals surface area contributed by atoms with Crippen LogP contribution in [0.1, 0.15) is 32.8 Å². The average molecular weight is 230 g/mol. The Hall–Kier alpha value is -1.08. The smallest absolute Gasteiger partial charge is 0.0634 e. The highest BCUT2D eigenvalue weighted by atomic mass is 16.3. The van der Waals surface area contributed by atoms with Crippen LogP contribution in [0.15, 0.2) is 36.4 Å². The maximum Gasteiger partial charge on any atom is 0.0634 e. The fourth-order valence-corrected chi connectivity index (χ4v) is 2.70. The first-order valence-corrected chi connectivity index (χ1v) is 6.54. The van der Waals surface area contributed by atoms with Crippen LogP contribution >= 0.6 is 0 Å². The first-order chi connectivity index (χ1) is 8.11. The third-order valence-electron chi connectivity index (χ3n) is 4.26. The second-order valence-corrected chi connectivity index (χ2v) is 5.38. The van der Waals surface area contributed by atoms with E-state index in [1.807, 2.05) is 6.07 Å². The Kier molecular flexibility index (Phi) is 3.68. The minimum Gasteiger partial charge on any atom is -0.392 e. The normalized spacial score (nSPS) is 34.0. The number of rotatable bonds is 1. The second kappa shape index (κ2) is 5.05. The number of benzene rings is 1. The second-order valence-electron chi connectivity index (χ2n) is 5.38. The Balaban J connectivity index is 2.34. The molecule has 1 heteroatoms. The van der Waals surface area contributed by atoms with Crippen molar-refractivity contribution in [1.29, 1.82) is 0 Å². The van der Waals surface area contributed by atoms with E-state index >= 15 is 0 Å². The molecule has 4 atom stereocenters. The lowest BCUT2D eigenvalue weighted by Crippen LogP contribution is -2.28. The molecule has 0 aromatic heterocycles. The van der Waals surface area contributed by atoms with Crippen LogP contribution in [-0.2, 0) is 0 Å². The molecule has 1 aliphatic rings. The van der Waals surface area contributed by atoms with E-state index in [0.717, 1.165) is 6.42 Å². The van der Waals surface area contributed by atoms with Gasteiger partial charge < -0.3 is 5.11 Å². The van der Waals surface area contributed by atoms with Gasteiger partial charge in [0.1, 0.15) is 0 Å². The highest BCUT2D eigenvalue weighted by Gasteiger charge is 2.30. The molecule has 0 saturated carbocycles. The van der Waals surface area contributed by atoms with E-state index in [4.69, 9.17) is 0 Å². The first-order valence-electron chi connectivity index (χ1n) is 6.54. The lowest BCUT2D eigenvalue weighted by Gasteiger charge is -2.27. The molecule has 2 rings (SSSR count). The molecule has 0 saturated heterocycles. The standard InChI is InChI=1S/C16H22O/c1-11-9-10-15(13(3)16(17)12(11)2)14-7-5-4-6-8-14/h4-8,10-13,16-17H,9H2,1-3H3/t11-,12+,13-,16+/m1/s1. The van der Waals surface area contributed by atoms with Crippen molar-refractivity contribution >= 4 is 5.57 Å². The summed E-state index contributed by atoms with van der Waals surface area (Å²) in [5.74, 6) is 1.13. The van der Waals surface area contributed by atoms with Crippen LogP contribution in [0.5, 0.6) is 0 Å². The zero-order valence-electron chi connectivity index (χ0n) is 10.9. The van der Waals surface area contributed by atoms with E-state index in [0.29, 0.717) is 11.8 Å². The van der Waals surface area contributed by atoms with E-state index in [1.54, 1.807) is 0 Å². The van der Waals surface area contributed by atoms with Gasteiger partial charge in [0.2, 0.25) is 0 Å². The fraction of sp³-hybridized carbons (Fsp3) is 0.500. The van der Waals surface area contributed by atoms with Crippen molar-refractivity contribution in [2.24, 2.45) is 17.8 Å². The molecule has 1 aromatic rings.